The predicted molar refractivity (Wildman–Crippen MR) is 85.7 cm³/mol. The van der Waals surface area contributed by atoms with Crippen molar-refractivity contribution < 1.29 is 4.79 Å². The highest BCUT2D eigenvalue weighted by atomic mass is 16.2. The highest BCUT2D eigenvalue weighted by Gasteiger charge is 2.34. The lowest BCUT2D eigenvalue weighted by molar-refractivity contribution is -0.123. The van der Waals surface area contributed by atoms with Crippen LogP contribution in [0.4, 0.5) is 0 Å². The summed E-state index contributed by atoms with van der Waals surface area (Å²) in [5.41, 5.74) is 10.1. The molecule has 3 atom stereocenters. The molecule has 1 aromatic rings. The second-order valence-electron chi connectivity index (χ2n) is 5.95. The van der Waals surface area contributed by atoms with E-state index < -0.39 is 0 Å². The smallest absolute Gasteiger partial charge is 0.240 e. The summed E-state index contributed by atoms with van der Waals surface area (Å²) in [5, 5.41) is 3.11. The first-order valence-corrected chi connectivity index (χ1v) is 8.12. The molecule has 0 aliphatic carbocycles. The third-order valence-corrected chi connectivity index (χ3v) is 4.65. The number of nitrogens with one attached hydrogen (secondary N) is 4. The van der Waals surface area contributed by atoms with Crippen LogP contribution >= 0.6 is 0 Å². The Morgan fingerprint density at radius 2 is 2.14 bits per heavy atom. The van der Waals surface area contributed by atoms with Crippen LogP contribution in [0.5, 0.6) is 0 Å². The average Bonchev–Trinajstić information content (AvgIpc) is 3.22. The number of nitrogens with zero attached hydrogens (tertiary/aromatic N) is 1. The van der Waals surface area contributed by atoms with Gasteiger partial charge >= 0.3 is 0 Å². The highest BCUT2D eigenvalue weighted by molar-refractivity contribution is 5.83. The van der Waals surface area contributed by atoms with Gasteiger partial charge in [0.1, 0.15) is 6.04 Å². The fraction of sp³-hybridized carbons (Fsp3) is 0.562. The van der Waals surface area contributed by atoms with Gasteiger partial charge in [-0.2, -0.15) is 5.53 Å². The van der Waals surface area contributed by atoms with E-state index in [1.807, 2.05) is 30.3 Å². The van der Waals surface area contributed by atoms with Gasteiger partial charge in [-0.25, -0.2) is 10.9 Å². The molecule has 3 unspecified atom stereocenters. The number of amides is 1. The van der Waals surface area contributed by atoms with E-state index in [2.05, 4.69) is 33.5 Å². The van der Waals surface area contributed by atoms with Gasteiger partial charge in [0.2, 0.25) is 5.91 Å². The molecule has 6 nitrogen and oxygen atoms in total. The van der Waals surface area contributed by atoms with E-state index in [-0.39, 0.29) is 18.0 Å². The maximum atomic E-state index is 12.5. The van der Waals surface area contributed by atoms with Crippen molar-refractivity contribution in [1.29, 1.82) is 0 Å². The first-order valence-electron chi connectivity index (χ1n) is 8.12. The summed E-state index contributed by atoms with van der Waals surface area (Å²) in [4.78, 5) is 14.9. The molecule has 2 aliphatic heterocycles. The van der Waals surface area contributed by atoms with Crippen molar-refractivity contribution in [3.8, 4) is 0 Å². The van der Waals surface area contributed by atoms with Crippen LogP contribution in [0, 0.1) is 0 Å². The fourth-order valence-corrected chi connectivity index (χ4v) is 3.39. The van der Waals surface area contributed by atoms with E-state index in [0.717, 1.165) is 25.2 Å². The number of rotatable bonds is 5. The zero-order chi connectivity index (χ0) is 15.4. The molecule has 22 heavy (non-hydrogen) atoms. The van der Waals surface area contributed by atoms with Crippen LogP contribution < -0.4 is 21.7 Å². The van der Waals surface area contributed by atoms with Crippen molar-refractivity contribution in [2.24, 2.45) is 0 Å². The monoisotopic (exact) mass is 303 g/mol. The second-order valence-corrected chi connectivity index (χ2v) is 5.95. The van der Waals surface area contributed by atoms with E-state index in [1.54, 1.807) is 0 Å². The van der Waals surface area contributed by atoms with Gasteiger partial charge in [-0.05, 0) is 31.5 Å². The fourth-order valence-electron chi connectivity index (χ4n) is 3.39. The molecule has 1 amide bonds. The van der Waals surface area contributed by atoms with Crippen molar-refractivity contribution in [2.45, 2.75) is 37.9 Å². The largest absolute Gasteiger partial charge is 0.353 e. The van der Waals surface area contributed by atoms with Crippen LogP contribution in [-0.2, 0) is 4.79 Å². The lowest BCUT2D eigenvalue weighted by atomic mass is 10.0. The summed E-state index contributed by atoms with van der Waals surface area (Å²) in [6, 6.07) is 10.1. The zero-order valence-electron chi connectivity index (χ0n) is 13.0. The average molecular weight is 303 g/mol. The van der Waals surface area contributed by atoms with Gasteiger partial charge in [0.05, 0.1) is 6.04 Å². The molecule has 0 aromatic heterocycles. The molecular weight excluding hydrogens is 278 g/mol. The minimum absolute atomic E-state index is 0.0364. The minimum Gasteiger partial charge on any atom is -0.353 e. The van der Waals surface area contributed by atoms with E-state index in [9.17, 15) is 4.79 Å². The van der Waals surface area contributed by atoms with Crippen LogP contribution in [0.25, 0.3) is 0 Å². The van der Waals surface area contributed by atoms with Crippen molar-refractivity contribution >= 4 is 5.91 Å². The minimum atomic E-state index is -0.307. The second kappa shape index (κ2) is 7.19. The molecule has 2 aliphatic rings. The van der Waals surface area contributed by atoms with Gasteiger partial charge in [0, 0.05) is 12.6 Å². The van der Waals surface area contributed by atoms with Gasteiger partial charge in [-0.15, -0.1) is 0 Å². The highest BCUT2D eigenvalue weighted by Crippen LogP contribution is 2.19. The molecule has 0 bridgehead atoms. The number of hydrazine groups is 2. The maximum Gasteiger partial charge on any atom is 0.240 e. The summed E-state index contributed by atoms with van der Waals surface area (Å²) in [5.74, 6) is 0.0364. The van der Waals surface area contributed by atoms with Crippen LogP contribution in [0.15, 0.2) is 30.3 Å². The number of hydrogen-bond donors (Lipinski definition) is 4. The zero-order valence-corrected chi connectivity index (χ0v) is 13.0. The normalized spacial score (nSPS) is 28.9. The summed E-state index contributed by atoms with van der Waals surface area (Å²) in [7, 11) is 0. The lowest BCUT2D eigenvalue weighted by Gasteiger charge is -2.24. The third-order valence-electron chi connectivity index (χ3n) is 4.65. The third kappa shape index (κ3) is 3.30. The summed E-state index contributed by atoms with van der Waals surface area (Å²) in [6.07, 6.45) is 2.40. The van der Waals surface area contributed by atoms with Gasteiger partial charge in [0.25, 0.3) is 0 Å². The van der Waals surface area contributed by atoms with Gasteiger partial charge in [-0.1, -0.05) is 37.3 Å². The van der Waals surface area contributed by atoms with E-state index in [4.69, 9.17) is 0 Å². The molecule has 6 heteroatoms. The van der Waals surface area contributed by atoms with Crippen molar-refractivity contribution in [3.63, 3.8) is 0 Å². The van der Waals surface area contributed by atoms with Gasteiger partial charge in [-0.3, -0.25) is 9.69 Å². The Bertz CT molecular complexity index is 495. The Hall–Kier alpha value is -1.47. The number of hydrogen-bond acceptors (Lipinski definition) is 5. The Morgan fingerprint density at radius 1 is 1.32 bits per heavy atom. The first-order chi connectivity index (χ1) is 10.8. The van der Waals surface area contributed by atoms with Crippen molar-refractivity contribution in [2.75, 3.05) is 19.6 Å². The molecule has 0 spiro atoms. The van der Waals surface area contributed by atoms with Crippen LogP contribution in [0.1, 0.15) is 31.4 Å². The molecule has 2 heterocycles. The number of carbonyl (C=O) groups is 1. The SMILES string of the molecule is CCN1CCCC1CNC(=O)C1NNNC1c1ccccc1. The Morgan fingerprint density at radius 3 is 2.91 bits per heavy atom. The molecule has 3 rings (SSSR count). The predicted octanol–water partition coefficient (Wildman–Crippen LogP) is 0.309. The van der Waals surface area contributed by atoms with E-state index in [1.165, 1.54) is 12.8 Å². The number of carbonyl (C=O) groups excluding carboxylic acids is 1. The quantitative estimate of drug-likeness (QED) is 0.630. The van der Waals surface area contributed by atoms with Gasteiger partial charge in [0.15, 0.2) is 0 Å². The van der Waals surface area contributed by atoms with Crippen LogP contribution in [0.3, 0.4) is 0 Å². The lowest BCUT2D eigenvalue weighted by Crippen LogP contribution is -2.48. The summed E-state index contributed by atoms with van der Waals surface area (Å²) in [6.45, 7) is 5.11. The molecule has 0 radical (unpaired) electrons. The summed E-state index contributed by atoms with van der Waals surface area (Å²) >= 11 is 0. The summed E-state index contributed by atoms with van der Waals surface area (Å²) < 4.78 is 0. The first kappa shape index (κ1) is 15.4. The molecule has 2 fully saturated rings. The Kier molecular flexibility index (Phi) is 5.04. The van der Waals surface area contributed by atoms with Crippen molar-refractivity contribution in [3.05, 3.63) is 35.9 Å². The molecular formula is C16H25N5O. The molecule has 2 saturated heterocycles. The van der Waals surface area contributed by atoms with Crippen molar-refractivity contribution in [1.82, 2.24) is 26.6 Å². The maximum absolute atomic E-state index is 12.5. The number of likely N-dealkylation sites (tertiary alicyclic amines) is 1. The molecule has 1 aromatic carbocycles. The Balaban J connectivity index is 1.57. The molecule has 120 valence electrons. The van der Waals surface area contributed by atoms with E-state index in [0.29, 0.717) is 6.04 Å². The van der Waals surface area contributed by atoms with Crippen LogP contribution in [0.2, 0.25) is 0 Å². The topological polar surface area (TPSA) is 68.4 Å². The number of benzene rings is 1. The molecule has 0 saturated carbocycles. The van der Waals surface area contributed by atoms with Crippen LogP contribution in [-0.4, -0.2) is 42.5 Å². The Labute approximate surface area is 131 Å². The standard InChI is InChI=1S/C16H25N5O/c1-2-21-10-6-9-13(21)11-17-16(22)15-14(18-20-19-15)12-7-4-3-5-8-12/h3-5,7-8,13-15,18-20H,2,6,9-11H2,1H3,(H,17,22). The van der Waals surface area contributed by atoms with E-state index >= 15 is 0 Å². The molecule has 4 N–H and O–H groups in total. The number of likely N-dealkylation sites (N-methyl/N-ethyl adjacent to an activating group) is 1. The van der Waals surface area contributed by atoms with Gasteiger partial charge < -0.3 is 5.32 Å².